The van der Waals surface area contributed by atoms with E-state index in [2.05, 4.69) is 14.9 Å². The predicted octanol–water partition coefficient (Wildman–Crippen LogP) is 3.16. The van der Waals surface area contributed by atoms with Crippen molar-refractivity contribution >= 4 is 17.5 Å². The van der Waals surface area contributed by atoms with Crippen LogP contribution in [0.3, 0.4) is 0 Å². The molecule has 2 aromatic rings. The maximum atomic E-state index is 6.00. The van der Waals surface area contributed by atoms with Crippen LogP contribution >= 0.6 is 11.6 Å². The second-order valence-electron chi connectivity index (χ2n) is 5.72. The summed E-state index contributed by atoms with van der Waals surface area (Å²) in [5, 5.41) is 0.717. The van der Waals surface area contributed by atoms with Crippen LogP contribution in [-0.2, 0) is 4.74 Å². The number of nitrogen functional groups attached to an aromatic ring is 1. The van der Waals surface area contributed by atoms with Crippen molar-refractivity contribution < 1.29 is 4.74 Å². The van der Waals surface area contributed by atoms with Gasteiger partial charge in [0.1, 0.15) is 0 Å². The Labute approximate surface area is 141 Å². The lowest BCUT2D eigenvalue weighted by atomic mass is 10.00. The standard InChI is InChI=1S/C17H21ClN4O/c1-23-10-9-22-8-2-3-15(22)16-14(11-20-17(19)21-16)12-4-6-13(18)7-5-12/h4-7,11,15H,2-3,8-10H2,1H3,(H2,19,20,21). The average molecular weight is 333 g/mol. The molecule has 0 amide bonds. The molecule has 0 spiro atoms. The summed E-state index contributed by atoms with van der Waals surface area (Å²) in [6.07, 6.45) is 4.03. The van der Waals surface area contributed by atoms with Crippen LogP contribution in [0.1, 0.15) is 24.6 Å². The predicted molar refractivity (Wildman–Crippen MR) is 92.3 cm³/mol. The molecule has 23 heavy (non-hydrogen) atoms. The van der Waals surface area contributed by atoms with Crippen LogP contribution < -0.4 is 5.73 Å². The molecule has 0 radical (unpaired) electrons. The fourth-order valence-corrected chi connectivity index (χ4v) is 3.25. The Morgan fingerprint density at radius 2 is 2.13 bits per heavy atom. The Balaban J connectivity index is 1.97. The van der Waals surface area contributed by atoms with Crippen molar-refractivity contribution in [3.05, 3.63) is 41.2 Å². The molecule has 1 atom stereocenters. The van der Waals surface area contributed by atoms with Gasteiger partial charge in [-0.15, -0.1) is 0 Å². The van der Waals surface area contributed by atoms with Crippen LogP contribution in [0.5, 0.6) is 0 Å². The molecule has 1 unspecified atom stereocenters. The van der Waals surface area contributed by atoms with E-state index >= 15 is 0 Å². The molecular formula is C17H21ClN4O. The summed E-state index contributed by atoms with van der Waals surface area (Å²) in [6.45, 7) is 2.66. The average Bonchev–Trinajstić information content (AvgIpc) is 3.02. The number of hydrogen-bond donors (Lipinski definition) is 1. The van der Waals surface area contributed by atoms with Crippen molar-refractivity contribution in [2.24, 2.45) is 0 Å². The SMILES string of the molecule is COCCN1CCCC1c1nc(N)ncc1-c1ccc(Cl)cc1. The lowest BCUT2D eigenvalue weighted by Crippen LogP contribution is -2.28. The zero-order valence-corrected chi connectivity index (χ0v) is 14.0. The lowest BCUT2D eigenvalue weighted by molar-refractivity contribution is 0.140. The molecule has 1 fully saturated rings. The fraction of sp³-hybridized carbons (Fsp3) is 0.412. The molecule has 3 rings (SSSR count). The molecule has 2 heterocycles. The number of methoxy groups -OCH3 is 1. The molecule has 1 aromatic heterocycles. The van der Waals surface area contributed by atoms with Gasteiger partial charge in [-0.1, -0.05) is 23.7 Å². The van der Waals surface area contributed by atoms with Gasteiger partial charge in [0.25, 0.3) is 0 Å². The molecule has 6 heteroatoms. The molecule has 0 aliphatic carbocycles. The Hall–Kier alpha value is -1.69. The van der Waals surface area contributed by atoms with Crippen LogP contribution in [-0.4, -0.2) is 41.7 Å². The van der Waals surface area contributed by atoms with Crippen molar-refractivity contribution in [3.8, 4) is 11.1 Å². The molecule has 1 aliphatic rings. The summed E-state index contributed by atoms with van der Waals surface area (Å²) < 4.78 is 5.23. The van der Waals surface area contributed by atoms with Crippen LogP contribution in [0, 0.1) is 0 Å². The van der Waals surface area contributed by atoms with E-state index in [1.54, 1.807) is 7.11 Å². The third-order valence-corrected chi connectivity index (χ3v) is 4.51. The Bertz CT molecular complexity index is 662. The minimum Gasteiger partial charge on any atom is -0.383 e. The number of aromatic nitrogens is 2. The Kier molecular flexibility index (Phi) is 5.10. The fourth-order valence-electron chi connectivity index (χ4n) is 3.13. The summed E-state index contributed by atoms with van der Waals surface area (Å²) in [4.78, 5) is 11.2. The summed E-state index contributed by atoms with van der Waals surface area (Å²) >= 11 is 6.00. The topological polar surface area (TPSA) is 64.3 Å². The normalized spacial score (nSPS) is 18.4. The molecular weight excluding hydrogens is 312 g/mol. The van der Waals surface area contributed by atoms with E-state index in [9.17, 15) is 0 Å². The van der Waals surface area contributed by atoms with Gasteiger partial charge in [0.05, 0.1) is 18.3 Å². The highest BCUT2D eigenvalue weighted by Crippen LogP contribution is 2.36. The quantitative estimate of drug-likeness (QED) is 0.911. The largest absolute Gasteiger partial charge is 0.383 e. The van der Waals surface area contributed by atoms with Crippen molar-refractivity contribution in [2.75, 3.05) is 32.5 Å². The summed E-state index contributed by atoms with van der Waals surface area (Å²) in [5.74, 6) is 0.316. The van der Waals surface area contributed by atoms with E-state index in [1.165, 1.54) is 0 Å². The minimum atomic E-state index is 0.251. The van der Waals surface area contributed by atoms with E-state index < -0.39 is 0 Å². The highest BCUT2D eigenvalue weighted by molar-refractivity contribution is 6.30. The minimum absolute atomic E-state index is 0.251. The van der Waals surface area contributed by atoms with Crippen molar-refractivity contribution in [1.82, 2.24) is 14.9 Å². The third kappa shape index (κ3) is 3.63. The van der Waals surface area contributed by atoms with E-state index in [1.807, 2.05) is 30.5 Å². The summed E-state index contributed by atoms with van der Waals surface area (Å²) in [5.41, 5.74) is 8.93. The molecule has 0 bridgehead atoms. The second kappa shape index (κ2) is 7.25. The monoisotopic (exact) mass is 332 g/mol. The third-order valence-electron chi connectivity index (χ3n) is 4.25. The Morgan fingerprint density at radius 1 is 1.35 bits per heavy atom. The number of hydrogen-bond acceptors (Lipinski definition) is 5. The van der Waals surface area contributed by atoms with Gasteiger partial charge in [-0.25, -0.2) is 9.97 Å². The number of halogens is 1. The van der Waals surface area contributed by atoms with Gasteiger partial charge < -0.3 is 10.5 Å². The molecule has 0 saturated carbocycles. The molecule has 2 N–H and O–H groups in total. The van der Waals surface area contributed by atoms with Crippen LogP contribution in [0.2, 0.25) is 5.02 Å². The van der Waals surface area contributed by atoms with Crippen LogP contribution in [0.25, 0.3) is 11.1 Å². The van der Waals surface area contributed by atoms with Crippen LogP contribution in [0.15, 0.2) is 30.5 Å². The van der Waals surface area contributed by atoms with Crippen molar-refractivity contribution in [1.29, 1.82) is 0 Å². The van der Waals surface area contributed by atoms with Crippen LogP contribution in [0.4, 0.5) is 5.95 Å². The highest BCUT2D eigenvalue weighted by Gasteiger charge is 2.29. The van der Waals surface area contributed by atoms with Gasteiger partial charge in [0, 0.05) is 30.4 Å². The smallest absolute Gasteiger partial charge is 0.220 e. The number of ether oxygens (including phenoxy) is 1. The molecule has 122 valence electrons. The number of nitrogens with two attached hydrogens (primary N) is 1. The zero-order valence-electron chi connectivity index (χ0n) is 13.2. The van der Waals surface area contributed by atoms with Gasteiger partial charge in [-0.3, -0.25) is 4.90 Å². The molecule has 1 aromatic carbocycles. The number of benzene rings is 1. The highest BCUT2D eigenvalue weighted by atomic mass is 35.5. The first kappa shape index (κ1) is 16.2. The first-order chi connectivity index (χ1) is 11.2. The van der Waals surface area contributed by atoms with Gasteiger partial charge >= 0.3 is 0 Å². The summed E-state index contributed by atoms with van der Waals surface area (Å²) in [6, 6.07) is 8.01. The summed E-state index contributed by atoms with van der Waals surface area (Å²) in [7, 11) is 1.73. The second-order valence-corrected chi connectivity index (χ2v) is 6.16. The van der Waals surface area contributed by atoms with E-state index in [-0.39, 0.29) is 6.04 Å². The first-order valence-corrected chi connectivity index (χ1v) is 8.18. The van der Waals surface area contributed by atoms with Crippen molar-refractivity contribution in [3.63, 3.8) is 0 Å². The number of rotatable bonds is 5. The first-order valence-electron chi connectivity index (χ1n) is 7.80. The van der Waals surface area contributed by atoms with Gasteiger partial charge in [-0.2, -0.15) is 0 Å². The number of nitrogens with zero attached hydrogens (tertiary/aromatic N) is 3. The van der Waals surface area contributed by atoms with E-state index in [0.717, 1.165) is 42.8 Å². The maximum Gasteiger partial charge on any atom is 0.220 e. The number of anilines is 1. The molecule has 1 saturated heterocycles. The molecule has 5 nitrogen and oxygen atoms in total. The van der Waals surface area contributed by atoms with Crippen molar-refractivity contribution in [2.45, 2.75) is 18.9 Å². The molecule has 1 aliphatic heterocycles. The van der Waals surface area contributed by atoms with Gasteiger partial charge in [-0.05, 0) is 37.1 Å². The van der Waals surface area contributed by atoms with E-state index in [0.29, 0.717) is 17.6 Å². The zero-order chi connectivity index (χ0) is 16.2. The number of likely N-dealkylation sites (tertiary alicyclic amines) is 1. The lowest BCUT2D eigenvalue weighted by Gasteiger charge is -2.25. The van der Waals surface area contributed by atoms with E-state index in [4.69, 9.17) is 22.1 Å². The van der Waals surface area contributed by atoms with Gasteiger partial charge in [0.2, 0.25) is 5.95 Å². The van der Waals surface area contributed by atoms with Gasteiger partial charge in [0.15, 0.2) is 0 Å². The Morgan fingerprint density at radius 3 is 2.87 bits per heavy atom. The maximum absolute atomic E-state index is 6.00.